The van der Waals surface area contributed by atoms with Gasteiger partial charge in [-0.1, -0.05) is 58.3 Å². The van der Waals surface area contributed by atoms with Crippen LogP contribution in [0.4, 0.5) is 11.4 Å². The molecule has 0 aliphatic carbocycles. The average molecular weight is 885 g/mol. The van der Waals surface area contributed by atoms with Crippen LogP contribution in [-0.4, -0.2) is 23.9 Å². The van der Waals surface area contributed by atoms with Crippen LogP contribution in [0, 0.1) is 44.2 Å². The largest absolute Gasteiger partial charge is 0.352 e. The first-order valence-corrected chi connectivity index (χ1v) is 12.8. The quantitative estimate of drug-likeness (QED) is 0.288. The van der Waals surface area contributed by atoms with Crippen molar-refractivity contribution in [3.8, 4) is 6.07 Å². The van der Waals surface area contributed by atoms with E-state index < -0.39 is 0 Å². The molecule has 0 unspecified atom stereocenters. The van der Waals surface area contributed by atoms with Gasteiger partial charge in [0.25, 0.3) is 0 Å². The van der Waals surface area contributed by atoms with Crippen molar-refractivity contribution in [1.82, 2.24) is 9.80 Å². The molecule has 214 valence electrons. The van der Waals surface area contributed by atoms with E-state index in [1.165, 1.54) is 16.8 Å². The maximum atomic E-state index is 8.94. The van der Waals surface area contributed by atoms with Crippen molar-refractivity contribution in [2.75, 3.05) is 23.9 Å². The summed E-state index contributed by atoms with van der Waals surface area (Å²) in [7, 11) is 4.02. The van der Waals surface area contributed by atoms with Crippen molar-refractivity contribution >= 4 is 11.4 Å². The standard InChI is InChI=1S/C17H18N3.C17H21N2.2W/c1-11-9-16(10-18)7-8-17(11)20-14(4)12(2)13(3)19(6)15(20)5;1-11-8-9-17(12(2)10-11)19-15(5)13(3)14(4)18(7)16(19)6;;/h8-9H,4-5H2,1-3,6H3;9-10H,5-6H2,1-4,7H3;;/q2*-1;;. The molecular weight excluding hydrogens is 846 g/mol. The Morgan fingerprint density at radius 1 is 0.659 bits per heavy atom. The third-order valence-electron chi connectivity index (χ3n) is 7.79. The Kier molecular flexibility index (Phi) is 12.5. The summed E-state index contributed by atoms with van der Waals surface area (Å²) >= 11 is 0. The van der Waals surface area contributed by atoms with Gasteiger partial charge < -0.3 is 19.6 Å². The maximum absolute atomic E-state index is 8.94. The molecule has 0 bridgehead atoms. The molecule has 0 fully saturated rings. The number of nitriles is 1. The topological polar surface area (TPSA) is 36.8 Å². The number of anilines is 2. The number of aryl methyl sites for hydroxylation is 3. The van der Waals surface area contributed by atoms with Gasteiger partial charge in [0.1, 0.15) is 5.82 Å². The van der Waals surface area contributed by atoms with Gasteiger partial charge in [-0.2, -0.15) is 23.8 Å². The summed E-state index contributed by atoms with van der Waals surface area (Å²) in [6.45, 7) is 31.2. The van der Waals surface area contributed by atoms with Crippen molar-refractivity contribution in [2.45, 2.75) is 48.5 Å². The minimum absolute atomic E-state index is 0. The Labute approximate surface area is 276 Å². The molecule has 0 amide bonds. The summed E-state index contributed by atoms with van der Waals surface area (Å²) in [6.07, 6.45) is 0. The van der Waals surface area contributed by atoms with Gasteiger partial charge in [0.2, 0.25) is 0 Å². The summed E-state index contributed by atoms with van der Waals surface area (Å²) < 4.78 is 0. The second kappa shape index (κ2) is 14.2. The number of nitrogens with zero attached hydrogens (tertiary/aromatic N) is 5. The van der Waals surface area contributed by atoms with Crippen LogP contribution < -0.4 is 9.80 Å². The van der Waals surface area contributed by atoms with Crippen LogP contribution >= 0.6 is 0 Å². The van der Waals surface area contributed by atoms with E-state index in [4.69, 9.17) is 5.26 Å². The number of hydrogen-bond acceptors (Lipinski definition) is 5. The molecule has 5 nitrogen and oxygen atoms in total. The Morgan fingerprint density at radius 3 is 1.41 bits per heavy atom. The van der Waals surface area contributed by atoms with Crippen LogP contribution in [0.3, 0.4) is 0 Å². The van der Waals surface area contributed by atoms with E-state index in [-0.39, 0.29) is 42.1 Å². The van der Waals surface area contributed by atoms with E-state index in [1.54, 1.807) is 0 Å². The van der Waals surface area contributed by atoms with Crippen LogP contribution in [0.5, 0.6) is 0 Å². The van der Waals surface area contributed by atoms with E-state index in [1.807, 2.05) is 49.0 Å². The van der Waals surface area contributed by atoms with E-state index in [2.05, 4.69) is 102 Å². The average Bonchev–Trinajstić information content (AvgIpc) is 2.91. The van der Waals surface area contributed by atoms with Crippen LogP contribution in [0.2, 0.25) is 0 Å². The van der Waals surface area contributed by atoms with E-state index in [0.717, 1.165) is 56.8 Å². The van der Waals surface area contributed by atoms with Gasteiger partial charge in [-0.25, -0.2) is 0 Å². The zero-order valence-electron chi connectivity index (χ0n) is 25.7. The fourth-order valence-electron chi connectivity index (χ4n) is 4.70. The fraction of sp³-hybridized carbons (Fsp3) is 0.265. The molecule has 2 aliphatic heterocycles. The van der Waals surface area contributed by atoms with Crippen molar-refractivity contribution in [3.05, 3.63) is 131 Å². The van der Waals surface area contributed by atoms with Crippen molar-refractivity contribution in [2.24, 2.45) is 0 Å². The van der Waals surface area contributed by atoms with Crippen molar-refractivity contribution < 1.29 is 42.1 Å². The van der Waals surface area contributed by atoms with Crippen LogP contribution in [0.25, 0.3) is 0 Å². The third-order valence-corrected chi connectivity index (χ3v) is 7.79. The maximum Gasteiger partial charge on any atom is 0.101 e. The SMILES string of the molecule is C=C1C(C)=C(C)N(C)C(=C)N1c1c[c-]c(C#N)cc1C.C=C1C(C)=C(C)N(C)C(=C)N1c1c[c-]c(C)cc1C.[W].[W]. The molecule has 2 aromatic carbocycles. The Morgan fingerprint density at radius 2 is 1.05 bits per heavy atom. The van der Waals surface area contributed by atoms with Crippen LogP contribution in [-0.2, 0) is 42.1 Å². The Balaban J connectivity index is 0.000000391. The predicted octanol–water partition coefficient (Wildman–Crippen LogP) is 7.83. The molecule has 2 aromatic rings. The first-order valence-electron chi connectivity index (χ1n) is 12.8. The third kappa shape index (κ3) is 6.89. The summed E-state index contributed by atoms with van der Waals surface area (Å²) in [5.74, 6) is 1.77. The van der Waals surface area contributed by atoms with Crippen molar-refractivity contribution in [1.29, 1.82) is 5.26 Å². The molecule has 2 heterocycles. The molecule has 0 N–H and O–H groups in total. The van der Waals surface area contributed by atoms with Gasteiger partial charge in [0, 0.05) is 79.0 Å². The summed E-state index contributed by atoms with van der Waals surface area (Å²) in [6, 6.07) is 16.2. The normalized spacial score (nSPS) is 15.3. The van der Waals surface area contributed by atoms with E-state index in [0.29, 0.717) is 5.56 Å². The molecule has 0 atom stereocenters. The summed E-state index contributed by atoms with van der Waals surface area (Å²) in [5.41, 5.74) is 12.5. The summed E-state index contributed by atoms with van der Waals surface area (Å²) in [4.78, 5) is 8.26. The van der Waals surface area contributed by atoms with E-state index >= 15 is 0 Å². The predicted molar refractivity (Wildman–Crippen MR) is 163 cm³/mol. The first kappa shape index (κ1) is 36.0. The Hall–Kier alpha value is -3.05. The van der Waals surface area contributed by atoms with Crippen LogP contribution in [0.15, 0.2) is 96.2 Å². The first-order chi connectivity index (χ1) is 18.2. The van der Waals surface area contributed by atoms with Gasteiger partial charge in [0.15, 0.2) is 0 Å². The van der Waals surface area contributed by atoms with Gasteiger partial charge in [-0.15, -0.1) is 29.3 Å². The van der Waals surface area contributed by atoms with Crippen molar-refractivity contribution in [3.63, 3.8) is 0 Å². The molecule has 41 heavy (non-hydrogen) atoms. The minimum atomic E-state index is 0. The van der Waals surface area contributed by atoms with Crippen LogP contribution in [0.1, 0.15) is 49.9 Å². The van der Waals surface area contributed by atoms with Gasteiger partial charge in [-0.3, -0.25) is 5.26 Å². The van der Waals surface area contributed by atoms with Gasteiger partial charge in [0.05, 0.1) is 5.82 Å². The monoisotopic (exact) mass is 885 g/mol. The number of benzene rings is 2. The number of allylic oxidation sites excluding steroid dienone is 4. The van der Waals surface area contributed by atoms with Gasteiger partial charge in [-0.05, 0) is 50.6 Å². The molecule has 0 saturated carbocycles. The second-order valence-electron chi connectivity index (χ2n) is 10.1. The summed E-state index contributed by atoms with van der Waals surface area (Å²) in [5, 5.41) is 8.94. The molecule has 0 radical (unpaired) electrons. The van der Waals surface area contributed by atoms with Gasteiger partial charge >= 0.3 is 0 Å². The molecular formula is C34H39N5W2-2. The molecule has 0 saturated heterocycles. The number of rotatable bonds is 2. The Bertz CT molecular complexity index is 1510. The smallest absolute Gasteiger partial charge is 0.101 e. The molecule has 0 spiro atoms. The fourth-order valence-corrected chi connectivity index (χ4v) is 4.70. The zero-order valence-corrected chi connectivity index (χ0v) is 31.6. The second-order valence-corrected chi connectivity index (χ2v) is 10.1. The molecule has 7 heteroatoms. The molecule has 2 aliphatic rings. The molecule has 4 rings (SSSR count). The molecule has 0 aromatic heterocycles. The number of hydrogen-bond donors (Lipinski definition) is 0. The zero-order chi connectivity index (χ0) is 29.3. The minimum Gasteiger partial charge on any atom is -0.352 e. The van der Waals surface area contributed by atoms with E-state index in [9.17, 15) is 0 Å².